The van der Waals surface area contributed by atoms with E-state index in [0.29, 0.717) is 12.5 Å². The van der Waals surface area contributed by atoms with Gasteiger partial charge in [-0.05, 0) is 39.0 Å². The summed E-state index contributed by atoms with van der Waals surface area (Å²) in [6, 6.07) is 0. The lowest BCUT2D eigenvalue weighted by Gasteiger charge is -2.50. The van der Waals surface area contributed by atoms with Gasteiger partial charge in [-0.1, -0.05) is 0 Å². The summed E-state index contributed by atoms with van der Waals surface area (Å²) in [5.41, 5.74) is 0.00728. The number of carbonyl (C=O) groups is 1. The van der Waals surface area contributed by atoms with Crippen LogP contribution in [-0.4, -0.2) is 63.0 Å². The van der Waals surface area contributed by atoms with Gasteiger partial charge in [0.05, 0.1) is 12.7 Å². The molecular formula is C17H29NO4. The molecule has 0 aromatic carbocycles. The van der Waals surface area contributed by atoms with Crippen molar-refractivity contribution in [2.75, 3.05) is 46.1 Å². The van der Waals surface area contributed by atoms with Gasteiger partial charge in [-0.2, -0.15) is 0 Å². The van der Waals surface area contributed by atoms with E-state index in [9.17, 15) is 4.79 Å². The van der Waals surface area contributed by atoms with E-state index in [-0.39, 0.29) is 17.4 Å². The predicted octanol–water partition coefficient (Wildman–Crippen LogP) is 1.85. The van der Waals surface area contributed by atoms with Gasteiger partial charge in [0, 0.05) is 50.8 Å². The Balaban J connectivity index is 1.67. The summed E-state index contributed by atoms with van der Waals surface area (Å²) < 4.78 is 17.2. The van der Waals surface area contributed by atoms with Crippen LogP contribution in [-0.2, 0) is 19.0 Å². The predicted molar refractivity (Wildman–Crippen MR) is 82.6 cm³/mol. The van der Waals surface area contributed by atoms with Gasteiger partial charge in [0.1, 0.15) is 0 Å². The lowest BCUT2D eigenvalue weighted by molar-refractivity contribution is -0.168. The van der Waals surface area contributed by atoms with Crippen LogP contribution in [0.25, 0.3) is 0 Å². The number of rotatable bonds is 4. The van der Waals surface area contributed by atoms with Crippen molar-refractivity contribution in [2.24, 2.45) is 11.3 Å². The summed E-state index contributed by atoms with van der Waals surface area (Å²) >= 11 is 0. The fraction of sp³-hybridized carbons (Fsp3) is 0.941. The Morgan fingerprint density at radius 3 is 2.86 bits per heavy atom. The minimum Gasteiger partial charge on any atom is -0.381 e. The molecule has 0 aromatic rings. The molecule has 0 radical (unpaired) electrons. The highest BCUT2D eigenvalue weighted by Crippen LogP contribution is 2.41. The van der Waals surface area contributed by atoms with Crippen LogP contribution in [0.3, 0.4) is 0 Å². The summed E-state index contributed by atoms with van der Waals surface area (Å²) in [7, 11) is 0. The van der Waals surface area contributed by atoms with E-state index in [0.717, 1.165) is 71.6 Å². The number of ether oxygens (including phenoxy) is 3. The minimum atomic E-state index is 0.00728. The molecule has 0 N–H and O–H groups in total. The van der Waals surface area contributed by atoms with Crippen LogP contribution < -0.4 is 0 Å². The highest BCUT2D eigenvalue weighted by atomic mass is 16.5. The molecule has 3 saturated heterocycles. The van der Waals surface area contributed by atoms with Gasteiger partial charge in [0.2, 0.25) is 5.91 Å². The van der Waals surface area contributed by atoms with Crippen LogP contribution in [0.15, 0.2) is 0 Å². The molecular weight excluding hydrogens is 282 g/mol. The third-order valence-electron chi connectivity index (χ3n) is 5.46. The second-order valence-electron chi connectivity index (χ2n) is 6.90. The van der Waals surface area contributed by atoms with Crippen molar-refractivity contribution in [3.8, 4) is 0 Å². The average molecular weight is 311 g/mol. The summed E-state index contributed by atoms with van der Waals surface area (Å²) in [4.78, 5) is 14.9. The number of hydrogen-bond acceptors (Lipinski definition) is 4. The second kappa shape index (κ2) is 7.28. The number of carbonyl (C=O) groups excluding carboxylic acids is 1. The highest BCUT2D eigenvalue weighted by molar-refractivity contribution is 5.79. The van der Waals surface area contributed by atoms with Gasteiger partial charge in [-0.15, -0.1) is 0 Å². The molecule has 2 atom stereocenters. The zero-order chi connectivity index (χ0) is 15.4. The van der Waals surface area contributed by atoms with Crippen LogP contribution in [0.5, 0.6) is 0 Å². The molecule has 1 amide bonds. The standard InChI is InChI=1S/C17H29NO4/c1-2-20-13-17-7-3-9-22-15(17)4-8-18(12-17)16(19)14-5-10-21-11-6-14/h14-15H,2-13H2,1H3/t15-,17-/m1/s1. The molecule has 5 nitrogen and oxygen atoms in total. The van der Waals surface area contributed by atoms with Crippen LogP contribution in [0.2, 0.25) is 0 Å². The van der Waals surface area contributed by atoms with Crippen LogP contribution >= 0.6 is 0 Å². The Hall–Kier alpha value is -0.650. The number of piperidine rings is 1. The maximum atomic E-state index is 12.8. The normalized spacial score (nSPS) is 33.5. The van der Waals surface area contributed by atoms with Crippen LogP contribution in [0.1, 0.15) is 39.0 Å². The molecule has 0 spiro atoms. The fourth-order valence-electron chi connectivity index (χ4n) is 4.20. The van der Waals surface area contributed by atoms with Crippen LogP contribution in [0, 0.1) is 11.3 Å². The molecule has 126 valence electrons. The highest BCUT2D eigenvalue weighted by Gasteiger charge is 2.47. The Morgan fingerprint density at radius 2 is 2.09 bits per heavy atom. The van der Waals surface area contributed by atoms with E-state index in [2.05, 4.69) is 4.90 Å². The number of amides is 1. The Bertz CT molecular complexity index is 383. The average Bonchev–Trinajstić information content (AvgIpc) is 2.59. The van der Waals surface area contributed by atoms with Crippen molar-refractivity contribution in [2.45, 2.75) is 45.1 Å². The van der Waals surface area contributed by atoms with E-state index in [4.69, 9.17) is 14.2 Å². The minimum absolute atomic E-state index is 0.00728. The summed E-state index contributed by atoms with van der Waals surface area (Å²) in [5.74, 6) is 0.474. The molecule has 3 heterocycles. The summed E-state index contributed by atoms with van der Waals surface area (Å²) in [6.07, 6.45) is 5.12. The first-order valence-corrected chi connectivity index (χ1v) is 8.81. The third kappa shape index (κ3) is 3.31. The zero-order valence-corrected chi connectivity index (χ0v) is 13.7. The van der Waals surface area contributed by atoms with Gasteiger partial charge in [0.15, 0.2) is 0 Å². The third-order valence-corrected chi connectivity index (χ3v) is 5.46. The summed E-state index contributed by atoms with van der Waals surface area (Å²) in [6.45, 7) is 7.40. The number of nitrogens with zero attached hydrogens (tertiary/aromatic N) is 1. The zero-order valence-electron chi connectivity index (χ0n) is 13.7. The molecule has 0 saturated carbocycles. The van der Waals surface area contributed by atoms with Crippen molar-refractivity contribution in [3.05, 3.63) is 0 Å². The maximum Gasteiger partial charge on any atom is 0.225 e. The van der Waals surface area contributed by atoms with E-state index in [1.807, 2.05) is 6.92 Å². The number of fused-ring (bicyclic) bond motifs is 1. The molecule has 0 bridgehead atoms. The van der Waals surface area contributed by atoms with Crippen molar-refractivity contribution < 1.29 is 19.0 Å². The first-order valence-electron chi connectivity index (χ1n) is 8.81. The van der Waals surface area contributed by atoms with Gasteiger partial charge < -0.3 is 19.1 Å². The number of hydrogen-bond donors (Lipinski definition) is 0. The quantitative estimate of drug-likeness (QED) is 0.795. The van der Waals surface area contributed by atoms with Gasteiger partial charge in [-0.25, -0.2) is 0 Å². The van der Waals surface area contributed by atoms with E-state index >= 15 is 0 Å². The summed E-state index contributed by atoms with van der Waals surface area (Å²) in [5, 5.41) is 0. The van der Waals surface area contributed by atoms with Crippen molar-refractivity contribution in [1.82, 2.24) is 4.90 Å². The van der Waals surface area contributed by atoms with Gasteiger partial charge in [0.25, 0.3) is 0 Å². The van der Waals surface area contributed by atoms with E-state index < -0.39 is 0 Å². The monoisotopic (exact) mass is 311 g/mol. The first-order chi connectivity index (χ1) is 10.7. The number of likely N-dealkylation sites (tertiary alicyclic amines) is 1. The molecule has 22 heavy (non-hydrogen) atoms. The maximum absolute atomic E-state index is 12.8. The van der Waals surface area contributed by atoms with Crippen molar-refractivity contribution >= 4 is 5.91 Å². The first kappa shape index (κ1) is 16.2. The Labute approximate surface area is 133 Å². The van der Waals surface area contributed by atoms with E-state index in [1.54, 1.807) is 0 Å². The Kier molecular flexibility index (Phi) is 5.37. The Morgan fingerprint density at radius 1 is 1.27 bits per heavy atom. The molecule has 3 fully saturated rings. The SMILES string of the molecule is CCOC[C@]12CCCO[C@@H]1CCN(C(=O)C1CCOCC1)C2. The van der Waals surface area contributed by atoms with Crippen molar-refractivity contribution in [3.63, 3.8) is 0 Å². The molecule has 0 aromatic heterocycles. The lowest BCUT2D eigenvalue weighted by Crippen LogP contribution is -2.59. The van der Waals surface area contributed by atoms with Crippen molar-refractivity contribution in [1.29, 1.82) is 0 Å². The second-order valence-corrected chi connectivity index (χ2v) is 6.90. The molecule has 5 heteroatoms. The van der Waals surface area contributed by atoms with Gasteiger partial charge >= 0.3 is 0 Å². The van der Waals surface area contributed by atoms with Gasteiger partial charge in [-0.3, -0.25) is 4.79 Å². The molecule has 3 aliphatic heterocycles. The topological polar surface area (TPSA) is 48.0 Å². The smallest absolute Gasteiger partial charge is 0.225 e. The molecule has 3 rings (SSSR count). The molecule has 3 aliphatic rings. The largest absolute Gasteiger partial charge is 0.381 e. The lowest BCUT2D eigenvalue weighted by atomic mass is 9.72. The molecule has 0 unspecified atom stereocenters. The van der Waals surface area contributed by atoms with Crippen LogP contribution in [0.4, 0.5) is 0 Å². The fourth-order valence-corrected chi connectivity index (χ4v) is 4.20. The molecule has 0 aliphatic carbocycles. The van der Waals surface area contributed by atoms with E-state index in [1.165, 1.54) is 0 Å².